The van der Waals surface area contributed by atoms with E-state index >= 15 is 0 Å². The number of aryl methyl sites for hydroxylation is 1. The second-order valence-electron chi connectivity index (χ2n) is 3.87. The zero-order valence-corrected chi connectivity index (χ0v) is 11.7. The molecule has 1 heterocycles. The molecule has 1 aromatic heterocycles. The third-order valence-electron chi connectivity index (χ3n) is 2.70. The van der Waals surface area contributed by atoms with Crippen molar-refractivity contribution in [2.75, 3.05) is 7.05 Å². The van der Waals surface area contributed by atoms with E-state index in [9.17, 15) is 0 Å². The average Bonchev–Trinajstić information content (AvgIpc) is 2.74. The van der Waals surface area contributed by atoms with Crippen molar-refractivity contribution in [3.05, 3.63) is 40.5 Å². The van der Waals surface area contributed by atoms with Gasteiger partial charge in [-0.2, -0.15) is 5.10 Å². The fourth-order valence-electron chi connectivity index (χ4n) is 1.93. The lowest BCUT2D eigenvalue weighted by Crippen LogP contribution is -2.07. The van der Waals surface area contributed by atoms with Crippen molar-refractivity contribution < 1.29 is 0 Å². The number of rotatable bonds is 4. The van der Waals surface area contributed by atoms with E-state index in [2.05, 4.69) is 57.5 Å². The molecule has 0 aliphatic rings. The van der Waals surface area contributed by atoms with Crippen LogP contribution in [-0.4, -0.2) is 16.8 Å². The Kier molecular flexibility index (Phi) is 3.97. The van der Waals surface area contributed by atoms with E-state index < -0.39 is 0 Å². The highest BCUT2D eigenvalue weighted by atomic mass is 79.9. The van der Waals surface area contributed by atoms with Gasteiger partial charge in [0.15, 0.2) is 0 Å². The van der Waals surface area contributed by atoms with Crippen LogP contribution in [0.3, 0.4) is 0 Å². The van der Waals surface area contributed by atoms with Crippen LogP contribution >= 0.6 is 15.9 Å². The molecule has 4 heteroatoms. The summed E-state index contributed by atoms with van der Waals surface area (Å²) in [5.74, 6) is 0. The molecule has 1 N–H and O–H groups in total. The van der Waals surface area contributed by atoms with Crippen molar-refractivity contribution in [3.63, 3.8) is 0 Å². The van der Waals surface area contributed by atoms with Crippen LogP contribution < -0.4 is 5.32 Å². The van der Waals surface area contributed by atoms with Gasteiger partial charge in [0.2, 0.25) is 0 Å². The van der Waals surface area contributed by atoms with Gasteiger partial charge in [-0.15, -0.1) is 0 Å². The van der Waals surface area contributed by atoms with Crippen LogP contribution in [0.1, 0.15) is 12.5 Å². The van der Waals surface area contributed by atoms with Crippen LogP contribution in [0.2, 0.25) is 0 Å². The molecule has 0 atom stereocenters. The molecule has 0 unspecified atom stereocenters. The van der Waals surface area contributed by atoms with Crippen LogP contribution in [0.15, 0.2) is 34.9 Å². The predicted molar refractivity (Wildman–Crippen MR) is 73.8 cm³/mol. The van der Waals surface area contributed by atoms with Crippen LogP contribution in [0, 0.1) is 0 Å². The van der Waals surface area contributed by atoms with E-state index in [1.54, 1.807) is 0 Å². The maximum Gasteiger partial charge on any atom is 0.0727 e. The minimum atomic E-state index is 0.839. The molecule has 0 spiro atoms. The van der Waals surface area contributed by atoms with Crippen molar-refractivity contribution in [1.82, 2.24) is 15.1 Å². The molecular weight excluding hydrogens is 278 g/mol. The van der Waals surface area contributed by atoms with Gasteiger partial charge in [0, 0.05) is 28.7 Å². The van der Waals surface area contributed by atoms with E-state index in [0.29, 0.717) is 0 Å². The summed E-state index contributed by atoms with van der Waals surface area (Å²) < 4.78 is 3.13. The first kappa shape index (κ1) is 12.3. The summed E-state index contributed by atoms with van der Waals surface area (Å²) in [6.07, 6.45) is 1.94. The van der Waals surface area contributed by atoms with Gasteiger partial charge in [-0.25, -0.2) is 0 Å². The first-order valence-electron chi connectivity index (χ1n) is 5.71. The highest BCUT2D eigenvalue weighted by Gasteiger charge is 2.11. The number of halogens is 1. The summed E-state index contributed by atoms with van der Waals surface area (Å²) in [6, 6.07) is 8.36. The van der Waals surface area contributed by atoms with Gasteiger partial charge in [0.1, 0.15) is 0 Å². The van der Waals surface area contributed by atoms with Gasteiger partial charge in [-0.1, -0.05) is 28.1 Å². The fraction of sp³-hybridized carbons (Fsp3) is 0.308. The first-order valence-corrected chi connectivity index (χ1v) is 6.50. The van der Waals surface area contributed by atoms with Crippen LogP contribution in [0.5, 0.6) is 0 Å². The maximum absolute atomic E-state index is 4.42. The highest BCUT2D eigenvalue weighted by Crippen LogP contribution is 2.25. The van der Waals surface area contributed by atoms with Crippen molar-refractivity contribution in [3.8, 4) is 11.3 Å². The van der Waals surface area contributed by atoms with Gasteiger partial charge in [0.05, 0.1) is 11.9 Å². The molecule has 3 nitrogen and oxygen atoms in total. The summed E-state index contributed by atoms with van der Waals surface area (Å²) >= 11 is 3.46. The van der Waals surface area contributed by atoms with Crippen molar-refractivity contribution in [1.29, 1.82) is 0 Å². The molecule has 0 bridgehead atoms. The summed E-state index contributed by atoms with van der Waals surface area (Å²) in [4.78, 5) is 0. The summed E-state index contributed by atoms with van der Waals surface area (Å²) in [7, 11) is 1.95. The van der Waals surface area contributed by atoms with E-state index in [1.165, 1.54) is 16.8 Å². The van der Waals surface area contributed by atoms with Crippen molar-refractivity contribution in [2.45, 2.75) is 20.0 Å². The average molecular weight is 294 g/mol. The SMILES string of the molecule is CCn1ncc(CNC)c1-c1ccc(Br)cc1. The summed E-state index contributed by atoms with van der Waals surface area (Å²) in [6.45, 7) is 3.83. The molecule has 90 valence electrons. The van der Waals surface area contributed by atoms with Crippen molar-refractivity contribution >= 4 is 15.9 Å². The second kappa shape index (κ2) is 5.47. The number of nitrogens with one attached hydrogen (secondary N) is 1. The number of aromatic nitrogens is 2. The summed E-state index contributed by atoms with van der Waals surface area (Å²) in [5, 5.41) is 7.60. The zero-order chi connectivity index (χ0) is 12.3. The Morgan fingerprint density at radius 3 is 2.59 bits per heavy atom. The number of benzene rings is 1. The molecule has 2 rings (SSSR count). The Labute approximate surface area is 110 Å². The predicted octanol–water partition coefficient (Wildman–Crippen LogP) is 3.05. The second-order valence-corrected chi connectivity index (χ2v) is 4.79. The Bertz CT molecular complexity index is 488. The van der Waals surface area contributed by atoms with Crippen LogP contribution in [0.4, 0.5) is 0 Å². The van der Waals surface area contributed by atoms with E-state index in [1.807, 2.05) is 17.9 Å². The Balaban J connectivity index is 2.47. The third-order valence-corrected chi connectivity index (χ3v) is 3.23. The minimum Gasteiger partial charge on any atom is -0.316 e. The quantitative estimate of drug-likeness (QED) is 0.939. The van der Waals surface area contributed by atoms with Gasteiger partial charge >= 0.3 is 0 Å². The standard InChI is InChI=1S/C13H16BrN3/c1-3-17-13(11(8-15-2)9-16-17)10-4-6-12(14)7-5-10/h4-7,9,15H,3,8H2,1-2H3. The Morgan fingerprint density at radius 2 is 2.00 bits per heavy atom. The van der Waals surface area contributed by atoms with Gasteiger partial charge in [0.25, 0.3) is 0 Å². The molecule has 0 saturated carbocycles. The Hall–Kier alpha value is -1.13. The normalized spacial score (nSPS) is 10.8. The topological polar surface area (TPSA) is 29.9 Å². The monoisotopic (exact) mass is 293 g/mol. The molecule has 0 aliphatic heterocycles. The largest absolute Gasteiger partial charge is 0.316 e. The zero-order valence-electron chi connectivity index (χ0n) is 10.1. The lowest BCUT2D eigenvalue weighted by atomic mass is 10.1. The molecule has 1 aromatic carbocycles. The van der Waals surface area contributed by atoms with E-state index in [0.717, 1.165) is 17.6 Å². The van der Waals surface area contributed by atoms with Crippen LogP contribution in [0.25, 0.3) is 11.3 Å². The fourth-order valence-corrected chi connectivity index (χ4v) is 2.19. The minimum absolute atomic E-state index is 0.839. The lowest BCUT2D eigenvalue weighted by molar-refractivity contribution is 0.666. The lowest BCUT2D eigenvalue weighted by Gasteiger charge is -2.08. The van der Waals surface area contributed by atoms with Crippen LogP contribution in [-0.2, 0) is 13.1 Å². The molecular formula is C13H16BrN3. The van der Waals surface area contributed by atoms with Gasteiger partial charge < -0.3 is 5.32 Å². The smallest absolute Gasteiger partial charge is 0.0727 e. The number of nitrogens with zero attached hydrogens (tertiary/aromatic N) is 2. The third kappa shape index (κ3) is 2.58. The molecule has 0 aliphatic carbocycles. The molecule has 0 amide bonds. The first-order chi connectivity index (χ1) is 8.26. The van der Waals surface area contributed by atoms with E-state index in [4.69, 9.17) is 0 Å². The van der Waals surface area contributed by atoms with Gasteiger partial charge in [-0.3, -0.25) is 4.68 Å². The van der Waals surface area contributed by atoms with E-state index in [-0.39, 0.29) is 0 Å². The molecule has 0 saturated heterocycles. The van der Waals surface area contributed by atoms with Gasteiger partial charge in [-0.05, 0) is 26.1 Å². The number of hydrogen-bond acceptors (Lipinski definition) is 2. The molecule has 0 radical (unpaired) electrons. The number of hydrogen-bond donors (Lipinski definition) is 1. The Morgan fingerprint density at radius 1 is 1.29 bits per heavy atom. The highest BCUT2D eigenvalue weighted by molar-refractivity contribution is 9.10. The molecule has 0 fully saturated rings. The molecule has 17 heavy (non-hydrogen) atoms. The van der Waals surface area contributed by atoms with Crippen molar-refractivity contribution in [2.24, 2.45) is 0 Å². The summed E-state index contributed by atoms with van der Waals surface area (Å²) in [5.41, 5.74) is 3.64. The maximum atomic E-state index is 4.42. The molecule has 2 aromatic rings.